The maximum Gasteiger partial charge on any atom is 0.416 e. The zero-order chi connectivity index (χ0) is 53.2. The molecule has 3 atom stereocenters. The van der Waals surface area contributed by atoms with Crippen molar-refractivity contribution in [2.24, 2.45) is 5.41 Å². The Morgan fingerprint density at radius 2 is 1.37 bits per heavy atom. The van der Waals surface area contributed by atoms with Crippen LogP contribution in [-0.2, 0) is 14.2 Å². The van der Waals surface area contributed by atoms with Gasteiger partial charge >= 0.3 is 18.3 Å². The van der Waals surface area contributed by atoms with Crippen molar-refractivity contribution >= 4 is 47.0 Å². The molecule has 6 aliphatic rings. The molecule has 2 saturated heterocycles. The molecule has 5 amide bonds. The summed E-state index contributed by atoms with van der Waals surface area (Å²) in [6, 6.07) is 13.8. The molecule has 1 aliphatic carbocycles. The highest BCUT2D eigenvalue weighted by Crippen LogP contribution is 2.57. The number of amides is 5. The van der Waals surface area contributed by atoms with Crippen molar-refractivity contribution < 1.29 is 62.2 Å². The molecule has 9 rings (SSSR count). The van der Waals surface area contributed by atoms with Crippen LogP contribution in [0.25, 0.3) is 5.57 Å². The summed E-state index contributed by atoms with van der Waals surface area (Å²) >= 11 is 0. The third-order valence-corrected chi connectivity index (χ3v) is 15.0. The quantitative estimate of drug-likeness (QED) is 0.0814. The van der Waals surface area contributed by atoms with Crippen LogP contribution in [0.3, 0.4) is 0 Å². The molecule has 0 radical (unpaired) electrons. The molecule has 1 unspecified atom stereocenters. The average molecular weight is 1030 g/mol. The van der Waals surface area contributed by atoms with Gasteiger partial charge in [-0.05, 0) is 119 Å². The number of benzene rings is 3. The third-order valence-electron chi connectivity index (χ3n) is 15.0. The Kier molecular flexibility index (Phi) is 15.4. The van der Waals surface area contributed by atoms with E-state index in [-0.39, 0.29) is 79.2 Å². The number of carbonyl (C=O) groups is 5. The molecule has 1 saturated carbocycles. The van der Waals surface area contributed by atoms with Crippen LogP contribution in [0.1, 0.15) is 116 Å². The van der Waals surface area contributed by atoms with Crippen molar-refractivity contribution in [3.63, 3.8) is 0 Å². The monoisotopic (exact) mass is 1030 g/mol. The first-order valence-corrected chi connectivity index (χ1v) is 26.0. The number of aliphatic hydroxyl groups excluding tert-OH is 1. The summed E-state index contributed by atoms with van der Waals surface area (Å²) in [6.45, 7) is 15.3. The lowest BCUT2D eigenvalue weighted by Crippen LogP contribution is -2.50. The third kappa shape index (κ3) is 11.1. The van der Waals surface area contributed by atoms with Gasteiger partial charge in [0.2, 0.25) is 0 Å². The molecule has 3 aromatic rings. The Morgan fingerprint density at radius 3 is 1.96 bits per heavy atom. The number of nitrogens with zero attached hydrogens (tertiary/aromatic N) is 5. The fraction of sp³-hybridized carbons (Fsp3) is 0.491. The SMILES string of the molecule is C=CCOC(=O)N1C[C@@H]2CC(c3ccc(C4CCN(C(=O)OC(C)(C)C)CC4)cc3)=CN2C(=O)c2cc(OC)c(OCCCCCOc3cc4c(cc3OC)C(=O)N3CC5(CC5)C[C@H]3C(O)N4C(=O)OCC=C)cc21. The number of ether oxygens (including phenoxy) is 7. The van der Waals surface area contributed by atoms with Gasteiger partial charge in [-0.25, -0.2) is 19.3 Å². The number of methoxy groups -OCH3 is 2. The zero-order valence-electron chi connectivity index (χ0n) is 43.7. The summed E-state index contributed by atoms with van der Waals surface area (Å²) in [4.78, 5) is 76.3. The number of hydrogen-bond donors (Lipinski definition) is 1. The van der Waals surface area contributed by atoms with Crippen molar-refractivity contribution in [1.82, 2.24) is 14.7 Å². The minimum atomic E-state index is -1.34. The van der Waals surface area contributed by atoms with E-state index < -0.39 is 30.1 Å². The van der Waals surface area contributed by atoms with Gasteiger partial charge in [-0.15, -0.1) is 0 Å². The highest BCUT2D eigenvalue weighted by molar-refractivity contribution is 6.07. The molecular weight excluding hydrogens is 963 g/mol. The number of rotatable bonds is 16. The van der Waals surface area contributed by atoms with Crippen LogP contribution >= 0.6 is 0 Å². The lowest BCUT2D eigenvalue weighted by Gasteiger charge is -2.33. The van der Waals surface area contributed by atoms with Gasteiger partial charge < -0.3 is 53.0 Å². The van der Waals surface area contributed by atoms with Gasteiger partial charge in [0.15, 0.2) is 29.2 Å². The minimum absolute atomic E-state index is 0.0169. The lowest BCUT2D eigenvalue weighted by atomic mass is 9.88. The van der Waals surface area contributed by atoms with Crippen molar-refractivity contribution in [2.45, 2.75) is 108 Å². The molecular formula is C57H69N5O13. The molecule has 1 spiro atoms. The molecule has 5 heterocycles. The van der Waals surface area contributed by atoms with Crippen LogP contribution in [0, 0.1) is 5.41 Å². The van der Waals surface area contributed by atoms with Crippen molar-refractivity contribution in [3.05, 3.63) is 102 Å². The Morgan fingerprint density at radius 1 is 0.773 bits per heavy atom. The molecule has 400 valence electrons. The van der Waals surface area contributed by atoms with Gasteiger partial charge in [0.25, 0.3) is 11.8 Å². The van der Waals surface area contributed by atoms with E-state index in [9.17, 15) is 29.1 Å². The topological polar surface area (TPSA) is 186 Å². The molecule has 0 bridgehead atoms. The summed E-state index contributed by atoms with van der Waals surface area (Å²) in [5, 5.41) is 11.7. The maximum absolute atomic E-state index is 14.5. The van der Waals surface area contributed by atoms with E-state index in [2.05, 4.69) is 37.4 Å². The molecule has 75 heavy (non-hydrogen) atoms. The number of hydrogen-bond acceptors (Lipinski definition) is 13. The second kappa shape index (κ2) is 21.9. The van der Waals surface area contributed by atoms with Crippen molar-refractivity contribution in [1.29, 1.82) is 0 Å². The van der Waals surface area contributed by atoms with Gasteiger partial charge in [-0.1, -0.05) is 49.6 Å². The van der Waals surface area contributed by atoms with Gasteiger partial charge in [-0.3, -0.25) is 14.5 Å². The number of carbonyl (C=O) groups excluding carboxylic acids is 5. The number of unbranched alkanes of at least 4 members (excludes halogenated alkanes) is 2. The standard InChI is InChI=1S/C57H69N5O13/c1-8-23-73-54(67)60-34-40-27-39(37-15-13-36(14-16-37)38-17-21-58(22-18-38)53(66)75-56(3,4)5)33-59(40)50(63)41-28-46(69-6)48(30-43(41)60)71-25-11-10-12-26-72-49-31-44-42(29-47(49)70-7)51(64)61-35-57(19-20-57)32-45(61)52(65)62(44)55(68)74-24-9-2/h8-9,13-16,28-31,33,38,40,45,52,65H,1-2,10-12,17-27,32,34-35H2,3-7H3/t40-,45-,52?/m0/s1. The van der Waals surface area contributed by atoms with Crippen LogP contribution in [-0.4, -0.2) is 141 Å². The first-order valence-electron chi connectivity index (χ1n) is 26.0. The Labute approximate surface area is 438 Å². The molecule has 18 heteroatoms. The predicted molar refractivity (Wildman–Crippen MR) is 280 cm³/mol. The van der Waals surface area contributed by atoms with Crippen LogP contribution in [0.2, 0.25) is 0 Å². The highest BCUT2D eigenvalue weighted by Gasteiger charge is 2.58. The Balaban J connectivity index is 0.840. The van der Waals surface area contributed by atoms with E-state index in [0.29, 0.717) is 86.3 Å². The highest BCUT2D eigenvalue weighted by atomic mass is 16.6. The number of likely N-dealkylation sites (tertiary alicyclic amines) is 1. The molecule has 3 fully saturated rings. The average Bonchev–Trinajstić information content (AvgIpc) is 3.93. The summed E-state index contributed by atoms with van der Waals surface area (Å²) in [5.41, 5.74) is 3.54. The second-order valence-electron chi connectivity index (χ2n) is 21.2. The fourth-order valence-corrected chi connectivity index (χ4v) is 10.9. The summed E-state index contributed by atoms with van der Waals surface area (Å²) in [7, 11) is 2.98. The van der Waals surface area contributed by atoms with Crippen LogP contribution < -0.4 is 28.7 Å². The van der Waals surface area contributed by atoms with E-state index in [1.54, 1.807) is 39.0 Å². The van der Waals surface area contributed by atoms with Crippen LogP contribution in [0.15, 0.2) is 80.0 Å². The van der Waals surface area contributed by atoms with E-state index in [1.165, 1.54) is 36.8 Å². The van der Waals surface area contributed by atoms with Crippen molar-refractivity contribution in [3.8, 4) is 23.0 Å². The summed E-state index contributed by atoms with van der Waals surface area (Å²) < 4.78 is 40.5. The molecule has 3 aromatic carbocycles. The number of aliphatic hydroxyl groups is 1. The minimum Gasteiger partial charge on any atom is -0.493 e. The van der Waals surface area contributed by atoms with Gasteiger partial charge in [0, 0.05) is 38.0 Å². The van der Waals surface area contributed by atoms with Gasteiger partial charge in [-0.2, -0.15) is 0 Å². The maximum atomic E-state index is 14.5. The van der Waals surface area contributed by atoms with Crippen molar-refractivity contribution in [2.75, 3.05) is 76.6 Å². The Hall–Kier alpha value is -7.21. The normalized spacial score (nSPS) is 20.7. The van der Waals surface area contributed by atoms with Gasteiger partial charge in [0.05, 0.1) is 68.6 Å². The first kappa shape index (κ1) is 52.6. The molecule has 1 N–H and O–H groups in total. The molecule has 18 nitrogen and oxygen atoms in total. The molecule has 5 aliphatic heterocycles. The fourth-order valence-electron chi connectivity index (χ4n) is 10.9. The zero-order valence-corrected chi connectivity index (χ0v) is 43.7. The summed E-state index contributed by atoms with van der Waals surface area (Å²) in [6.07, 6.45) is 8.34. The van der Waals surface area contributed by atoms with E-state index in [0.717, 1.165) is 41.7 Å². The largest absolute Gasteiger partial charge is 0.493 e. The van der Waals surface area contributed by atoms with E-state index in [4.69, 9.17) is 33.2 Å². The first-order chi connectivity index (χ1) is 36.0. The Bertz CT molecular complexity index is 2720. The number of anilines is 2. The molecule has 0 aromatic heterocycles. The lowest BCUT2D eigenvalue weighted by molar-refractivity contribution is 0.0204. The predicted octanol–water partition coefficient (Wildman–Crippen LogP) is 9.30. The van der Waals surface area contributed by atoms with Crippen LogP contribution in [0.5, 0.6) is 23.0 Å². The second-order valence-corrected chi connectivity index (χ2v) is 21.2. The summed E-state index contributed by atoms with van der Waals surface area (Å²) in [5.74, 6) is 1.01. The number of fused-ring (bicyclic) bond motifs is 4. The smallest absolute Gasteiger partial charge is 0.416 e. The van der Waals surface area contributed by atoms with E-state index >= 15 is 0 Å². The van der Waals surface area contributed by atoms with E-state index in [1.807, 2.05) is 27.0 Å². The van der Waals surface area contributed by atoms with Gasteiger partial charge in [0.1, 0.15) is 18.8 Å². The van der Waals surface area contributed by atoms with Crippen LogP contribution in [0.4, 0.5) is 25.8 Å². The number of piperidine rings is 1.